The second-order valence-corrected chi connectivity index (χ2v) is 5.56. The van der Waals surface area contributed by atoms with E-state index in [0.717, 1.165) is 6.07 Å². The molecular formula is C6H3BrClNO3S. The van der Waals surface area contributed by atoms with Crippen molar-refractivity contribution < 1.29 is 8.42 Å². The van der Waals surface area contributed by atoms with E-state index < -0.39 is 9.05 Å². The van der Waals surface area contributed by atoms with E-state index in [1.54, 1.807) is 0 Å². The lowest BCUT2D eigenvalue weighted by Crippen LogP contribution is -1.89. The van der Waals surface area contributed by atoms with Gasteiger partial charge in [-0.3, -0.25) is 0 Å². The molecule has 0 unspecified atom stereocenters. The van der Waals surface area contributed by atoms with Crippen LogP contribution in [-0.4, -0.2) is 8.42 Å². The summed E-state index contributed by atoms with van der Waals surface area (Å²) in [6.45, 7) is 0. The van der Waals surface area contributed by atoms with E-state index in [0.29, 0.717) is 4.47 Å². The van der Waals surface area contributed by atoms with Crippen LogP contribution in [0.4, 0.5) is 5.69 Å². The topological polar surface area (TPSA) is 63.6 Å². The molecule has 0 atom stereocenters. The van der Waals surface area contributed by atoms with Crippen molar-refractivity contribution in [2.45, 2.75) is 4.90 Å². The van der Waals surface area contributed by atoms with Crippen LogP contribution in [-0.2, 0) is 9.05 Å². The lowest BCUT2D eigenvalue weighted by Gasteiger charge is -1.97. The predicted molar refractivity (Wildman–Crippen MR) is 52.6 cm³/mol. The summed E-state index contributed by atoms with van der Waals surface area (Å²) in [5, 5.41) is 2.62. The standard InChI is InChI=1S/C6H3BrClNO3S/c7-5-2-1-4(13(8,11)12)3-6(5)9-10/h1-3H. The summed E-state index contributed by atoms with van der Waals surface area (Å²) in [7, 11) is 1.25. The molecule has 1 rings (SSSR count). The molecule has 0 aliphatic heterocycles. The Morgan fingerprint density at radius 1 is 1.38 bits per heavy atom. The molecule has 0 spiro atoms. The minimum atomic E-state index is -3.80. The van der Waals surface area contributed by atoms with E-state index in [1.165, 1.54) is 12.1 Å². The number of nitroso groups, excluding NO2 is 1. The van der Waals surface area contributed by atoms with Gasteiger partial charge in [0.2, 0.25) is 0 Å². The van der Waals surface area contributed by atoms with Crippen LogP contribution < -0.4 is 0 Å². The molecule has 70 valence electrons. The zero-order chi connectivity index (χ0) is 10.1. The highest BCUT2D eigenvalue weighted by atomic mass is 79.9. The summed E-state index contributed by atoms with van der Waals surface area (Å²) in [4.78, 5) is 10.0. The van der Waals surface area contributed by atoms with Gasteiger partial charge in [-0.1, -0.05) is 0 Å². The number of hydrogen-bond donors (Lipinski definition) is 0. The van der Waals surface area contributed by atoms with Crippen LogP contribution in [0.2, 0.25) is 0 Å². The number of halogens is 2. The number of nitrogens with zero attached hydrogens (tertiary/aromatic N) is 1. The maximum absolute atomic E-state index is 10.8. The Morgan fingerprint density at radius 3 is 2.46 bits per heavy atom. The van der Waals surface area contributed by atoms with Gasteiger partial charge in [-0.2, -0.15) is 0 Å². The first kappa shape index (κ1) is 10.6. The van der Waals surface area contributed by atoms with Gasteiger partial charge in [0, 0.05) is 15.2 Å². The minimum absolute atomic E-state index is 0.00160. The smallest absolute Gasteiger partial charge is 0.207 e. The largest absolute Gasteiger partial charge is 0.261 e. The number of benzene rings is 1. The lowest BCUT2D eigenvalue weighted by atomic mass is 10.3. The Kier molecular flexibility index (Phi) is 3.05. The van der Waals surface area contributed by atoms with Gasteiger partial charge in [0.15, 0.2) is 0 Å². The van der Waals surface area contributed by atoms with Crippen molar-refractivity contribution in [1.82, 2.24) is 0 Å². The van der Waals surface area contributed by atoms with Gasteiger partial charge in [-0.15, -0.1) is 4.91 Å². The molecule has 0 saturated heterocycles. The average Bonchev–Trinajstić information content (AvgIpc) is 2.03. The molecule has 0 heterocycles. The first-order valence-electron chi connectivity index (χ1n) is 3.02. The van der Waals surface area contributed by atoms with Crippen LogP contribution >= 0.6 is 26.6 Å². The van der Waals surface area contributed by atoms with Crippen molar-refractivity contribution in [1.29, 1.82) is 0 Å². The van der Waals surface area contributed by atoms with Crippen LogP contribution in [0.25, 0.3) is 0 Å². The van der Waals surface area contributed by atoms with E-state index in [9.17, 15) is 13.3 Å². The summed E-state index contributed by atoms with van der Waals surface area (Å²) in [6, 6.07) is 3.77. The zero-order valence-corrected chi connectivity index (χ0v) is 9.23. The molecule has 1 aromatic carbocycles. The van der Waals surface area contributed by atoms with Crippen LogP contribution in [0.15, 0.2) is 32.7 Å². The molecule has 0 fully saturated rings. The van der Waals surface area contributed by atoms with Crippen molar-refractivity contribution in [2.75, 3.05) is 0 Å². The van der Waals surface area contributed by atoms with Gasteiger partial charge in [-0.25, -0.2) is 8.42 Å². The number of hydrogen-bond acceptors (Lipinski definition) is 4. The fourth-order valence-corrected chi connectivity index (χ4v) is 1.80. The van der Waals surface area contributed by atoms with E-state index in [1.807, 2.05) is 0 Å². The highest BCUT2D eigenvalue weighted by Gasteiger charge is 2.12. The van der Waals surface area contributed by atoms with Crippen LogP contribution in [0, 0.1) is 4.91 Å². The Balaban J connectivity index is 3.38. The summed E-state index contributed by atoms with van der Waals surface area (Å²) in [5.74, 6) is 0. The van der Waals surface area contributed by atoms with Crippen molar-refractivity contribution in [3.05, 3.63) is 27.6 Å². The second-order valence-electron chi connectivity index (χ2n) is 2.14. The Bertz CT molecular complexity index is 445. The van der Waals surface area contributed by atoms with Crippen LogP contribution in [0.5, 0.6) is 0 Å². The van der Waals surface area contributed by atoms with Gasteiger partial charge < -0.3 is 0 Å². The van der Waals surface area contributed by atoms with E-state index in [4.69, 9.17) is 10.7 Å². The summed E-state index contributed by atoms with van der Waals surface area (Å²) in [5.41, 5.74) is 0.00160. The Morgan fingerprint density at radius 2 is 2.00 bits per heavy atom. The normalized spacial score (nSPS) is 11.2. The second kappa shape index (κ2) is 3.73. The maximum atomic E-state index is 10.8. The molecule has 4 nitrogen and oxygen atoms in total. The van der Waals surface area contributed by atoms with E-state index in [-0.39, 0.29) is 10.6 Å². The van der Waals surface area contributed by atoms with Gasteiger partial charge >= 0.3 is 0 Å². The quantitative estimate of drug-likeness (QED) is 0.619. The predicted octanol–water partition coefficient (Wildman–Crippen LogP) is 2.77. The van der Waals surface area contributed by atoms with Crippen molar-refractivity contribution in [3.63, 3.8) is 0 Å². The van der Waals surface area contributed by atoms with Crippen LogP contribution in [0.1, 0.15) is 0 Å². The number of rotatable bonds is 2. The van der Waals surface area contributed by atoms with E-state index >= 15 is 0 Å². The van der Waals surface area contributed by atoms with Gasteiger partial charge in [0.25, 0.3) is 9.05 Å². The molecule has 0 radical (unpaired) electrons. The van der Waals surface area contributed by atoms with Gasteiger partial charge in [0.1, 0.15) is 5.69 Å². The summed E-state index contributed by atoms with van der Waals surface area (Å²) < 4.78 is 22.1. The molecule has 0 N–H and O–H groups in total. The van der Waals surface area contributed by atoms with Gasteiger partial charge in [0.05, 0.1) is 4.90 Å². The molecule has 0 bridgehead atoms. The molecule has 13 heavy (non-hydrogen) atoms. The fourth-order valence-electron chi connectivity index (χ4n) is 0.714. The third kappa shape index (κ3) is 2.49. The molecule has 0 aliphatic carbocycles. The Hall–Kier alpha value is -0.460. The molecule has 1 aromatic rings. The van der Waals surface area contributed by atoms with Gasteiger partial charge in [-0.05, 0) is 39.3 Å². The Labute approximate surface area is 87.4 Å². The first-order chi connectivity index (χ1) is 5.95. The fraction of sp³-hybridized carbons (Fsp3) is 0. The first-order valence-corrected chi connectivity index (χ1v) is 6.13. The summed E-state index contributed by atoms with van der Waals surface area (Å²) in [6.07, 6.45) is 0. The summed E-state index contributed by atoms with van der Waals surface area (Å²) >= 11 is 3.03. The van der Waals surface area contributed by atoms with Crippen molar-refractivity contribution >= 4 is 41.4 Å². The molecule has 0 amide bonds. The van der Waals surface area contributed by atoms with Crippen LogP contribution in [0.3, 0.4) is 0 Å². The minimum Gasteiger partial charge on any atom is -0.207 e. The molecule has 0 aliphatic rings. The molecule has 0 aromatic heterocycles. The lowest BCUT2D eigenvalue weighted by molar-refractivity contribution is 0.609. The average molecular weight is 285 g/mol. The third-order valence-electron chi connectivity index (χ3n) is 1.30. The van der Waals surface area contributed by atoms with Crippen molar-refractivity contribution in [3.8, 4) is 0 Å². The maximum Gasteiger partial charge on any atom is 0.261 e. The monoisotopic (exact) mass is 283 g/mol. The SMILES string of the molecule is O=Nc1cc(S(=O)(=O)Cl)ccc1Br. The molecular weight excluding hydrogens is 281 g/mol. The molecule has 7 heteroatoms. The highest BCUT2D eigenvalue weighted by Crippen LogP contribution is 2.29. The highest BCUT2D eigenvalue weighted by molar-refractivity contribution is 9.10. The van der Waals surface area contributed by atoms with E-state index in [2.05, 4.69) is 21.1 Å². The zero-order valence-electron chi connectivity index (χ0n) is 6.07. The third-order valence-corrected chi connectivity index (χ3v) is 3.32. The molecule has 0 saturated carbocycles. The van der Waals surface area contributed by atoms with Crippen molar-refractivity contribution in [2.24, 2.45) is 5.18 Å².